The normalized spacial score (nSPS) is 26.2. The summed E-state index contributed by atoms with van der Waals surface area (Å²) >= 11 is 0. The molecule has 0 aromatic heterocycles. The van der Waals surface area contributed by atoms with Crippen LogP contribution in [0.2, 0.25) is 0 Å². The number of fused-ring (bicyclic) bond motifs is 4. The van der Waals surface area contributed by atoms with Gasteiger partial charge < -0.3 is 14.3 Å². The lowest BCUT2D eigenvalue weighted by atomic mass is 9.71. The van der Waals surface area contributed by atoms with Crippen molar-refractivity contribution in [3.8, 4) is 5.75 Å². The highest BCUT2D eigenvalue weighted by molar-refractivity contribution is 5.87. The van der Waals surface area contributed by atoms with Gasteiger partial charge in [-0.05, 0) is 47.2 Å². The minimum atomic E-state index is -0.447. The van der Waals surface area contributed by atoms with Crippen LogP contribution in [0.25, 0.3) is 10.8 Å². The molecule has 3 saturated heterocycles. The molecule has 3 aliphatic heterocycles. The number of hydrogen-bond acceptors (Lipinski definition) is 2. The van der Waals surface area contributed by atoms with Gasteiger partial charge in [-0.25, -0.2) is 0 Å². The van der Waals surface area contributed by atoms with Crippen molar-refractivity contribution in [2.24, 2.45) is 11.8 Å². The van der Waals surface area contributed by atoms with Crippen LogP contribution >= 0.6 is 0 Å². The van der Waals surface area contributed by atoms with E-state index in [1.807, 2.05) is 6.07 Å². The van der Waals surface area contributed by atoms with Crippen LogP contribution in [0.3, 0.4) is 0 Å². The standard InChI is InChI=1S/C33H50NO2/c1-4-6-7-8-9-10-11-12-13-14-21-34-22-20-28(26(5-2)25-34)23-32(34)33(35)30-17-15-16-27-18-19-29(36-3)24-31(27)30/h5,15-19,24,26,28,32-33,35H,2,4,6-14,20-23,25H2,1,3H3/q+1/t26?,28?,32-,33+,34?/m0/s1. The number of nitrogens with zero attached hydrogens (tertiary/aromatic N) is 1. The Morgan fingerprint density at radius 3 is 2.44 bits per heavy atom. The first-order chi connectivity index (χ1) is 17.6. The summed E-state index contributed by atoms with van der Waals surface area (Å²) in [4.78, 5) is 0. The predicted octanol–water partition coefficient (Wildman–Crippen LogP) is 8.21. The maximum absolute atomic E-state index is 11.9. The second kappa shape index (κ2) is 13.1. The van der Waals surface area contributed by atoms with Crippen molar-refractivity contribution in [1.82, 2.24) is 0 Å². The average Bonchev–Trinajstić information content (AvgIpc) is 2.93. The molecule has 0 saturated carbocycles. The summed E-state index contributed by atoms with van der Waals surface area (Å²) in [6, 6.07) is 12.9. The Kier molecular flexibility index (Phi) is 9.90. The van der Waals surface area contributed by atoms with Crippen LogP contribution in [-0.2, 0) is 0 Å². The molecule has 3 nitrogen and oxygen atoms in total. The van der Waals surface area contributed by atoms with Crippen LogP contribution in [-0.4, -0.2) is 42.4 Å². The quantitative estimate of drug-likeness (QED) is 0.154. The Hall–Kier alpha value is -1.84. The van der Waals surface area contributed by atoms with Crippen molar-refractivity contribution in [1.29, 1.82) is 0 Å². The molecule has 198 valence electrons. The summed E-state index contributed by atoms with van der Waals surface area (Å²) in [6.45, 7) is 10.0. The molecule has 0 spiro atoms. The van der Waals surface area contributed by atoms with Gasteiger partial charge in [-0.1, -0.05) is 88.6 Å². The van der Waals surface area contributed by atoms with Crippen molar-refractivity contribution in [2.45, 2.75) is 96.1 Å². The molecule has 3 fully saturated rings. The zero-order chi connectivity index (χ0) is 25.4. The number of aliphatic hydroxyl groups excluding tert-OH is 1. The fraction of sp³-hybridized carbons (Fsp3) is 0.636. The van der Waals surface area contributed by atoms with Gasteiger partial charge in [0.2, 0.25) is 0 Å². The molecular formula is C33H50NO2+. The molecule has 2 bridgehead atoms. The van der Waals surface area contributed by atoms with Gasteiger partial charge in [0, 0.05) is 18.8 Å². The first-order valence-corrected chi connectivity index (χ1v) is 14.8. The lowest BCUT2D eigenvalue weighted by Gasteiger charge is -2.58. The van der Waals surface area contributed by atoms with Gasteiger partial charge in [-0.3, -0.25) is 0 Å². The van der Waals surface area contributed by atoms with Crippen LogP contribution in [0, 0.1) is 11.8 Å². The highest BCUT2D eigenvalue weighted by atomic mass is 16.5. The minimum Gasteiger partial charge on any atom is -0.497 e. The molecule has 5 rings (SSSR count). The first-order valence-electron chi connectivity index (χ1n) is 14.8. The summed E-state index contributed by atoms with van der Waals surface area (Å²) in [7, 11) is 1.72. The van der Waals surface area contributed by atoms with Crippen molar-refractivity contribution < 1.29 is 14.3 Å². The molecule has 36 heavy (non-hydrogen) atoms. The van der Waals surface area contributed by atoms with Crippen LogP contribution in [0.1, 0.15) is 95.6 Å². The van der Waals surface area contributed by atoms with Crippen LogP contribution in [0.4, 0.5) is 0 Å². The zero-order valence-corrected chi connectivity index (χ0v) is 23.0. The molecule has 0 radical (unpaired) electrons. The third kappa shape index (κ3) is 6.17. The van der Waals surface area contributed by atoms with Crippen LogP contribution in [0.15, 0.2) is 49.1 Å². The number of benzene rings is 2. The minimum absolute atomic E-state index is 0.273. The van der Waals surface area contributed by atoms with Gasteiger partial charge in [-0.2, -0.15) is 0 Å². The molecule has 2 aromatic carbocycles. The fourth-order valence-corrected chi connectivity index (χ4v) is 7.27. The monoisotopic (exact) mass is 492 g/mol. The Balaban J connectivity index is 1.42. The molecular weight excluding hydrogens is 442 g/mol. The number of piperidine rings is 3. The van der Waals surface area contributed by atoms with Crippen LogP contribution in [0.5, 0.6) is 5.75 Å². The topological polar surface area (TPSA) is 29.5 Å². The number of hydrogen-bond donors (Lipinski definition) is 1. The second-order valence-electron chi connectivity index (χ2n) is 11.7. The molecule has 3 aliphatic rings. The average molecular weight is 493 g/mol. The Bertz CT molecular complexity index is 971. The summed E-state index contributed by atoms with van der Waals surface area (Å²) in [6.07, 6.45) is 17.8. The Morgan fingerprint density at radius 1 is 1.03 bits per heavy atom. The van der Waals surface area contributed by atoms with Crippen LogP contribution < -0.4 is 4.74 Å². The Morgan fingerprint density at radius 2 is 1.75 bits per heavy atom. The molecule has 3 heteroatoms. The van der Waals surface area contributed by atoms with Crippen molar-refractivity contribution in [2.75, 3.05) is 26.7 Å². The maximum atomic E-state index is 11.9. The highest BCUT2D eigenvalue weighted by Gasteiger charge is 2.53. The van der Waals surface area contributed by atoms with Crippen molar-refractivity contribution in [3.05, 3.63) is 54.6 Å². The van der Waals surface area contributed by atoms with E-state index in [9.17, 15) is 5.11 Å². The van der Waals surface area contributed by atoms with Crippen molar-refractivity contribution >= 4 is 10.8 Å². The van der Waals surface area contributed by atoms with E-state index in [0.717, 1.165) is 34.1 Å². The van der Waals surface area contributed by atoms with E-state index in [-0.39, 0.29) is 6.04 Å². The molecule has 2 aromatic rings. The van der Waals surface area contributed by atoms with E-state index in [1.54, 1.807) is 7.11 Å². The molecule has 3 unspecified atom stereocenters. The first kappa shape index (κ1) is 27.2. The van der Waals surface area contributed by atoms with Crippen molar-refractivity contribution in [3.63, 3.8) is 0 Å². The largest absolute Gasteiger partial charge is 0.497 e. The number of methoxy groups -OCH3 is 1. The molecule has 1 N–H and O–H groups in total. The van der Waals surface area contributed by atoms with Gasteiger partial charge in [0.1, 0.15) is 17.9 Å². The van der Waals surface area contributed by atoms with Gasteiger partial charge >= 0.3 is 0 Å². The molecule has 3 heterocycles. The SMILES string of the molecule is C=CC1C[N+]2(CCCCCCCCCCCC)CCC1C[C@H]2[C@H](O)c1cccc2ccc(OC)cc12. The predicted molar refractivity (Wildman–Crippen MR) is 152 cm³/mol. The second-order valence-corrected chi connectivity index (χ2v) is 11.7. The van der Waals surface area contributed by atoms with E-state index in [0.29, 0.717) is 11.8 Å². The lowest BCUT2D eigenvalue weighted by Crippen LogP contribution is -2.68. The van der Waals surface area contributed by atoms with Gasteiger partial charge in [-0.15, -0.1) is 6.58 Å². The van der Waals surface area contributed by atoms with E-state index < -0.39 is 6.10 Å². The summed E-state index contributed by atoms with van der Waals surface area (Å²) < 4.78 is 6.60. The number of aliphatic hydroxyl groups is 1. The molecule has 0 aliphatic carbocycles. The smallest absolute Gasteiger partial charge is 0.131 e. The number of ether oxygens (including phenoxy) is 1. The van der Waals surface area contributed by atoms with E-state index in [2.05, 4.69) is 49.9 Å². The number of quaternary nitrogens is 1. The number of unbranched alkanes of at least 4 members (excludes halogenated alkanes) is 9. The Labute approximate surface area is 220 Å². The number of rotatable bonds is 15. The highest BCUT2D eigenvalue weighted by Crippen LogP contribution is 2.47. The third-order valence-corrected chi connectivity index (χ3v) is 9.44. The molecule has 0 amide bonds. The van der Waals surface area contributed by atoms with Gasteiger partial charge in [0.25, 0.3) is 0 Å². The van der Waals surface area contributed by atoms with Gasteiger partial charge in [0.15, 0.2) is 0 Å². The lowest BCUT2D eigenvalue weighted by molar-refractivity contribution is -0.973. The summed E-state index contributed by atoms with van der Waals surface area (Å²) in [5.74, 6) is 2.12. The molecule has 5 atom stereocenters. The third-order valence-electron chi connectivity index (χ3n) is 9.44. The van der Waals surface area contributed by atoms with E-state index >= 15 is 0 Å². The zero-order valence-electron chi connectivity index (χ0n) is 23.0. The fourth-order valence-electron chi connectivity index (χ4n) is 7.27. The maximum Gasteiger partial charge on any atom is 0.131 e. The summed E-state index contributed by atoms with van der Waals surface area (Å²) in [5, 5.41) is 14.2. The van der Waals surface area contributed by atoms with E-state index in [1.165, 1.54) is 89.1 Å². The summed E-state index contributed by atoms with van der Waals surface area (Å²) in [5.41, 5.74) is 1.07. The van der Waals surface area contributed by atoms with E-state index in [4.69, 9.17) is 4.74 Å². The van der Waals surface area contributed by atoms with Gasteiger partial charge in [0.05, 0.1) is 26.7 Å².